The lowest BCUT2D eigenvalue weighted by Gasteiger charge is -2.08. The third-order valence-corrected chi connectivity index (χ3v) is 6.96. The molecule has 0 radical (unpaired) electrons. The van der Waals surface area contributed by atoms with Crippen LogP contribution in [0.3, 0.4) is 0 Å². The maximum atomic E-state index is 13.4. The van der Waals surface area contributed by atoms with Crippen molar-refractivity contribution in [1.29, 1.82) is 0 Å². The van der Waals surface area contributed by atoms with Gasteiger partial charge in [0.25, 0.3) is 0 Å². The van der Waals surface area contributed by atoms with Crippen molar-refractivity contribution in [2.45, 2.75) is 30.7 Å². The fraction of sp³-hybridized carbons (Fsp3) is 0.125. The molecule has 0 spiro atoms. The Hall–Kier alpha value is -2.90. The predicted molar refractivity (Wildman–Crippen MR) is 125 cm³/mol. The minimum absolute atomic E-state index is 0.0866. The molecule has 0 aliphatic rings. The highest BCUT2D eigenvalue weighted by molar-refractivity contribution is 9.10. The Bertz CT molecular complexity index is 1320. The van der Waals surface area contributed by atoms with Crippen molar-refractivity contribution in [2.75, 3.05) is 5.32 Å². The first-order valence-electron chi connectivity index (χ1n) is 9.66. The van der Waals surface area contributed by atoms with E-state index in [2.05, 4.69) is 26.2 Å². The van der Waals surface area contributed by atoms with Crippen LogP contribution in [-0.2, 0) is 9.84 Å². The summed E-state index contributed by atoms with van der Waals surface area (Å²) in [4.78, 5) is 4.53. The van der Waals surface area contributed by atoms with Gasteiger partial charge in [-0.15, -0.1) is 0 Å². The van der Waals surface area contributed by atoms with Crippen molar-refractivity contribution in [3.8, 4) is 11.5 Å². The van der Waals surface area contributed by atoms with Gasteiger partial charge in [-0.25, -0.2) is 8.42 Å². The van der Waals surface area contributed by atoms with Gasteiger partial charge in [0.05, 0.1) is 4.90 Å². The number of aryl methyl sites for hydroxylation is 3. The molecule has 1 N–H and O–H groups in total. The van der Waals surface area contributed by atoms with E-state index in [1.54, 1.807) is 24.3 Å². The lowest BCUT2D eigenvalue weighted by Crippen LogP contribution is -2.05. The average molecular weight is 497 g/mol. The number of nitrogens with one attached hydrogen (secondary N) is 1. The average Bonchev–Trinajstić information content (AvgIpc) is 3.12. The number of halogens is 1. The summed E-state index contributed by atoms with van der Waals surface area (Å²) >= 11 is 3.34. The first-order valence-corrected chi connectivity index (χ1v) is 11.9. The molecule has 0 fully saturated rings. The van der Waals surface area contributed by atoms with E-state index in [0.29, 0.717) is 5.56 Å². The van der Waals surface area contributed by atoms with Crippen molar-refractivity contribution >= 4 is 37.3 Å². The molecule has 5 nitrogen and oxygen atoms in total. The van der Waals surface area contributed by atoms with Gasteiger partial charge < -0.3 is 9.73 Å². The highest BCUT2D eigenvalue weighted by Gasteiger charge is 2.29. The van der Waals surface area contributed by atoms with E-state index >= 15 is 0 Å². The van der Waals surface area contributed by atoms with Crippen LogP contribution in [0, 0.1) is 20.8 Å². The van der Waals surface area contributed by atoms with Gasteiger partial charge in [-0.05, 0) is 80.4 Å². The highest BCUT2D eigenvalue weighted by Crippen LogP contribution is 2.34. The van der Waals surface area contributed by atoms with Gasteiger partial charge in [0, 0.05) is 15.7 Å². The Morgan fingerprint density at radius 3 is 2.06 bits per heavy atom. The molecule has 0 bridgehead atoms. The third kappa shape index (κ3) is 4.57. The minimum Gasteiger partial charge on any atom is -0.419 e. The molecule has 3 aromatic carbocycles. The number of anilines is 2. The van der Waals surface area contributed by atoms with E-state index in [-0.39, 0.29) is 21.7 Å². The van der Waals surface area contributed by atoms with Crippen molar-refractivity contribution in [3.63, 3.8) is 0 Å². The molecule has 0 amide bonds. The molecule has 0 aliphatic carbocycles. The monoisotopic (exact) mass is 496 g/mol. The molecule has 1 heterocycles. The Labute approximate surface area is 190 Å². The van der Waals surface area contributed by atoms with E-state index in [1.807, 2.05) is 63.2 Å². The van der Waals surface area contributed by atoms with E-state index < -0.39 is 9.84 Å². The fourth-order valence-corrected chi connectivity index (χ4v) is 4.81. The lowest BCUT2D eigenvalue weighted by molar-refractivity contribution is 0.582. The quantitative estimate of drug-likeness (QED) is 0.336. The number of rotatable bonds is 5. The van der Waals surface area contributed by atoms with Crippen LogP contribution in [0.4, 0.5) is 11.6 Å². The van der Waals surface area contributed by atoms with E-state index in [1.165, 1.54) is 0 Å². The van der Waals surface area contributed by atoms with Gasteiger partial charge in [-0.2, -0.15) is 4.98 Å². The normalized spacial score (nSPS) is 11.5. The molecule has 1 aromatic heterocycles. The summed E-state index contributed by atoms with van der Waals surface area (Å²) in [7, 11) is -3.91. The van der Waals surface area contributed by atoms with Crippen molar-refractivity contribution < 1.29 is 12.8 Å². The van der Waals surface area contributed by atoms with Crippen LogP contribution in [0.5, 0.6) is 0 Å². The Kier molecular flexibility index (Phi) is 5.73. The van der Waals surface area contributed by atoms with Crippen molar-refractivity contribution in [2.24, 2.45) is 0 Å². The van der Waals surface area contributed by atoms with Crippen LogP contribution in [0.1, 0.15) is 16.7 Å². The van der Waals surface area contributed by atoms with Gasteiger partial charge in [-0.1, -0.05) is 39.7 Å². The van der Waals surface area contributed by atoms with Crippen LogP contribution < -0.4 is 5.32 Å². The molecule has 4 aromatic rings. The molecule has 0 atom stereocenters. The molecule has 31 heavy (non-hydrogen) atoms. The molecule has 0 saturated carbocycles. The van der Waals surface area contributed by atoms with Crippen LogP contribution in [-0.4, -0.2) is 13.4 Å². The van der Waals surface area contributed by atoms with Crippen LogP contribution in [0.2, 0.25) is 0 Å². The molecule has 7 heteroatoms. The third-order valence-electron chi connectivity index (χ3n) is 4.75. The molecule has 4 rings (SSSR count). The number of hydrogen-bond donors (Lipinski definition) is 1. The second kappa shape index (κ2) is 8.32. The Morgan fingerprint density at radius 2 is 1.45 bits per heavy atom. The largest absolute Gasteiger partial charge is 0.419 e. The summed E-state index contributed by atoms with van der Waals surface area (Å²) in [5.41, 5.74) is 4.63. The maximum absolute atomic E-state index is 13.4. The first-order chi connectivity index (χ1) is 14.7. The minimum atomic E-state index is -3.91. The fourth-order valence-electron chi connectivity index (χ4n) is 3.29. The SMILES string of the molecule is Cc1ccc(-c2nc(S(=O)(=O)c3ccc(Br)cc3)c(Nc3cc(C)cc(C)c3)o2)cc1. The molecular formula is C24H21BrN2O3S. The highest BCUT2D eigenvalue weighted by atomic mass is 79.9. The predicted octanol–water partition coefficient (Wildman–Crippen LogP) is 6.61. The number of hydrogen-bond acceptors (Lipinski definition) is 5. The van der Waals surface area contributed by atoms with E-state index in [0.717, 1.165) is 26.9 Å². The summed E-state index contributed by atoms with van der Waals surface area (Å²) in [6, 6.07) is 19.9. The van der Waals surface area contributed by atoms with Crippen LogP contribution in [0.25, 0.3) is 11.5 Å². The zero-order valence-electron chi connectivity index (χ0n) is 17.3. The van der Waals surface area contributed by atoms with Gasteiger partial charge in [0.1, 0.15) is 0 Å². The molecule has 158 valence electrons. The number of oxazole rings is 1. The number of aromatic nitrogens is 1. The molecular weight excluding hydrogens is 476 g/mol. The summed E-state index contributed by atoms with van der Waals surface area (Å²) < 4.78 is 33.6. The first kappa shape index (κ1) is 21.3. The molecule has 0 saturated heterocycles. The van der Waals surface area contributed by atoms with Gasteiger partial charge in [0.2, 0.25) is 26.6 Å². The summed E-state index contributed by atoms with van der Waals surface area (Å²) in [6.07, 6.45) is 0. The second-order valence-electron chi connectivity index (χ2n) is 7.48. The van der Waals surface area contributed by atoms with Crippen molar-refractivity contribution in [1.82, 2.24) is 4.98 Å². The molecule has 0 aliphatic heterocycles. The van der Waals surface area contributed by atoms with Gasteiger partial charge >= 0.3 is 0 Å². The number of benzene rings is 3. The second-order valence-corrected chi connectivity index (χ2v) is 10.3. The van der Waals surface area contributed by atoms with Crippen LogP contribution >= 0.6 is 15.9 Å². The number of sulfone groups is 1. The lowest BCUT2D eigenvalue weighted by atomic mass is 10.1. The summed E-state index contributed by atoms with van der Waals surface area (Å²) in [5.74, 6) is 0.325. The standard InChI is InChI=1S/C24H21BrN2O3S/c1-15-4-6-18(7-5-15)22-27-24(31(28,29)21-10-8-19(25)9-11-21)23(30-22)26-20-13-16(2)12-17(3)14-20/h4-14,26H,1-3H3. The number of nitrogens with zero attached hydrogens (tertiary/aromatic N) is 1. The summed E-state index contributed by atoms with van der Waals surface area (Å²) in [5, 5.41) is 2.98. The van der Waals surface area contributed by atoms with Crippen LogP contribution in [0.15, 0.2) is 85.5 Å². The van der Waals surface area contributed by atoms with Gasteiger partial charge in [-0.3, -0.25) is 0 Å². The zero-order chi connectivity index (χ0) is 22.2. The Balaban J connectivity index is 1.85. The smallest absolute Gasteiger partial charge is 0.238 e. The topological polar surface area (TPSA) is 72.2 Å². The zero-order valence-corrected chi connectivity index (χ0v) is 19.7. The Morgan fingerprint density at radius 1 is 0.839 bits per heavy atom. The molecule has 0 unspecified atom stereocenters. The van der Waals surface area contributed by atoms with E-state index in [9.17, 15) is 8.42 Å². The van der Waals surface area contributed by atoms with E-state index in [4.69, 9.17) is 4.42 Å². The maximum Gasteiger partial charge on any atom is 0.238 e. The van der Waals surface area contributed by atoms with Crippen molar-refractivity contribution in [3.05, 3.63) is 87.9 Å². The summed E-state index contributed by atoms with van der Waals surface area (Å²) in [6.45, 7) is 5.95. The van der Waals surface area contributed by atoms with Gasteiger partial charge in [0.15, 0.2) is 0 Å².